The van der Waals surface area contributed by atoms with Crippen molar-refractivity contribution >= 4 is 17.0 Å². The highest BCUT2D eigenvalue weighted by Gasteiger charge is 2.30. The van der Waals surface area contributed by atoms with Crippen LogP contribution >= 0.6 is 11.3 Å². The lowest BCUT2D eigenvalue weighted by atomic mass is 10.0. The summed E-state index contributed by atoms with van der Waals surface area (Å²) >= 11 is 1.70. The number of piperidine rings is 1. The third-order valence-corrected chi connectivity index (χ3v) is 6.53. The van der Waals surface area contributed by atoms with Crippen LogP contribution in [0, 0.1) is 0 Å². The van der Waals surface area contributed by atoms with E-state index in [1.165, 1.54) is 17.1 Å². The molecule has 7 heteroatoms. The molecule has 0 saturated carbocycles. The van der Waals surface area contributed by atoms with E-state index in [1.54, 1.807) is 11.3 Å². The predicted octanol–water partition coefficient (Wildman–Crippen LogP) is 5.93. The van der Waals surface area contributed by atoms with Crippen LogP contribution in [0.3, 0.4) is 0 Å². The van der Waals surface area contributed by atoms with Gasteiger partial charge < -0.3 is 4.90 Å². The maximum Gasteiger partial charge on any atom is 0.416 e. The summed E-state index contributed by atoms with van der Waals surface area (Å²) in [6.45, 7) is 3.03. The largest absolute Gasteiger partial charge is 0.416 e. The topological polar surface area (TPSA) is 19.4 Å². The number of nitrogens with zero attached hydrogens (tertiary/aromatic N) is 3. The Morgan fingerprint density at radius 2 is 1.60 bits per heavy atom. The average Bonchev–Trinajstić information content (AvgIpc) is 3.26. The van der Waals surface area contributed by atoms with E-state index in [0.29, 0.717) is 6.04 Å². The average molecular weight is 432 g/mol. The maximum atomic E-state index is 12.7. The van der Waals surface area contributed by atoms with Gasteiger partial charge in [-0.15, -0.1) is 11.3 Å². The fraction of sp³-hybridized carbons (Fsp3) is 0.348. The van der Waals surface area contributed by atoms with Crippen molar-refractivity contribution in [3.8, 4) is 11.1 Å². The molecule has 4 rings (SSSR count). The van der Waals surface area contributed by atoms with E-state index in [-0.39, 0.29) is 0 Å². The summed E-state index contributed by atoms with van der Waals surface area (Å²) in [7, 11) is 2.12. The van der Waals surface area contributed by atoms with Crippen LogP contribution in [-0.2, 0) is 12.7 Å². The highest BCUT2D eigenvalue weighted by Crippen LogP contribution is 2.32. The second kappa shape index (κ2) is 8.78. The zero-order valence-electron chi connectivity index (χ0n) is 16.8. The van der Waals surface area contributed by atoms with Gasteiger partial charge in [0.05, 0.1) is 12.1 Å². The molecular weight excluding hydrogens is 407 g/mol. The molecule has 0 aliphatic carbocycles. The quantitative estimate of drug-likeness (QED) is 0.499. The van der Waals surface area contributed by atoms with Crippen LogP contribution in [0.15, 0.2) is 60.1 Å². The van der Waals surface area contributed by atoms with Crippen LogP contribution < -0.4 is 4.90 Å². The van der Waals surface area contributed by atoms with Gasteiger partial charge in [0.15, 0.2) is 0 Å². The van der Waals surface area contributed by atoms with Crippen molar-refractivity contribution in [1.29, 1.82) is 0 Å². The van der Waals surface area contributed by atoms with Crippen LogP contribution in [0.25, 0.3) is 11.1 Å². The van der Waals surface area contributed by atoms with Gasteiger partial charge in [-0.25, -0.2) is 4.98 Å². The fourth-order valence-electron chi connectivity index (χ4n) is 3.94. The lowest BCUT2D eigenvalue weighted by molar-refractivity contribution is -0.137. The molecule has 1 aliphatic heterocycles. The summed E-state index contributed by atoms with van der Waals surface area (Å²) in [5, 5.41) is 3.19. The minimum Gasteiger partial charge on any atom is -0.372 e. The minimum atomic E-state index is -4.30. The molecule has 3 nitrogen and oxygen atoms in total. The molecule has 0 radical (unpaired) electrons. The predicted molar refractivity (Wildman–Crippen MR) is 116 cm³/mol. The third-order valence-electron chi connectivity index (χ3n) is 5.77. The molecule has 158 valence electrons. The SMILES string of the molecule is CN(c1ccc(-c2ccc(C(F)(F)F)cc2)cc1)C1CCN(Cc2nccs2)CC1. The van der Waals surface area contributed by atoms with E-state index in [4.69, 9.17) is 0 Å². The van der Waals surface area contributed by atoms with Gasteiger partial charge in [-0.05, 0) is 48.2 Å². The number of likely N-dealkylation sites (tertiary alicyclic amines) is 1. The van der Waals surface area contributed by atoms with Gasteiger partial charge in [0.1, 0.15) is 5.01 Å². The molecule has 3 aromatic rings. The summed E-state index contributed by atoms with van der Waals surface area (Å²) in [5.41, 5.74) is 2.21. The van der Waals surface area contributed by atoms with E-state index in [2.05, 4.69) is 34.0 Å². The van der Waals surface area contributed by atoms with Crippen molar-refractivity contribution in [3.63, 3.8) is 0 Å². The van der Waals surface area contributed by atoms with E-state index in [9.17, 15) is 13.2 Å². The van der Waals surface area contributed by atoms with Crippen LogP contribution in [-0.4, -0.2) is 36.1 Å². The molecule has 0 bridgehead atoms. The Morgan fingerprint density at radius 1 is 1.00 bits per heavy atom. The van der Waals surface area contributed by atoms with Crippen LogP contribution in [0.1, 0.15) is 23.4 Å². The van der Waals surface area contributed by atoms with E-state index in [1.807, 2.05) is 23.7 Å². The number of alkyl halides is 3. The zero-order chi connectivity index (χ0) is 21.1. The first kappa shape index (κ1) is 20.9. The van der Waals surface area contributed by atoms with E-state index in [0.717, 1.165) is 61.4 Å². The number of hydrogen-bond acceptors (Lipinski definition) is 4. The Labute approximate surface area is 178 Å². The standard InChI is InChI=1S/C23H24F3N3S/c1-28(21-10-13-29(14-11-21)16-22-27-12-15-30-22)20-8-4-18(5-9-20)17-2-6-19(7-3-17)23(24,25)26/h2-9,12,15,21H,10-11,13-14,16H2,1H3. The third kappa shape index (κ3) is 4.84. The van der Waals surface area contributed by atoms with E-state index < -0.39 is 11.7 Å². The first-order chi connectivity index (χ1) is 14.4. The van der Waals surface area contributed by atoms with Crippen molar-refractivity contribution in [3.05, 3.63) is 70.7 Å². The van der Waals surface area contributed by atoms with Gasteiger partial charge in [0, 0.05) is 43.4 Å². The summed E-state index contributed by atoms with van der Waals surface area (Å²) in [6, 6.07) is 13.9. The summed E-state index contributed by atoms with van der Waals surface area (Å²) < 4.78 is 38.2. The monoisotopic (exact) mass is 431 g/mol. The number of halogens is 3. The Morgan fingerprint density at radius 3 is 2.13 bits per heavy atom. The maximum absolute atomic E-state index is 12.7. The first-order valence-electron chi connectivity index (χ1n) is 10.0. The summed E-state index contributed by atoms with van der Waals surface area (Å²) in [6.07, 6.45) is -0.249. The fourth-order valence-corrected chi connectivity index (χ4v) is 4.60. The number of aromatic nitrogens is 1. The van der Waals surface area contributed by atoms with Crippen LogP contribution in [0.2, 0.25) is 0 Å². The van der Waals surface area contributed by atoms with Crippen molar-refractivity contribution in [2.75, 3.05) is 25.0 Å². The van der Waals surface area contributed by atoms with Crippen molar-refractivity contribution in [1.82, 2.24) is 9.88 Å². The highest BCUT2D eigenvalue weighted by molar-refractivity contribution is 7.09. The van der Waals surface area contributed by atoms with Gasteiger partial charge in [0.25, 0.3) is 0 Å². The lowest BCUT2D eigenvalue weighted by Gasteiger charge is -2.37. The molecule has 0 N–H and O–H groups in total. The number of hydrogen-bond donors (Lipinski definition) is 0. The Bertz CT molecular complexity index is 929. The molecule has 2 aromatic carbocycles. The normalized spacial score (nSPS) is 16.0. The van der Waals surface area contributed by atoms with Crippen LogP contribution in [0.4, 0.5) is 18.9 Å². The summed E-state index contributed by atoms with van der Waals surface area (Å²) in [4.78, 5) is 9.14. The molecule has 1 aromatic heterocycles. The van der Waals surface area contributed by atoms with Crippen molar-refractivity contribution < 1.29 is 13.2 Å². The number of anilines is 1. The molecule has 0 unspecified atom stereocenters. The van der Waals surface area contributed by atoms with Gasteiger partial charge in [-0.2, -0.15) is 13.2 Å². The van der Waals surface area contributed by atoms with Gasteiger partial charge in [-0.3, -0.25) is 4.90 Å². The summed E-state index contributed by atoms with van der Waals surface area (Å²) in [5.74, 6) is 0. The van der Waals surface area contributed by atoms with Gasteiger partial charge >= 0.3 is 6.18 Å². The molecule has 0 atom stereocenters. The number of thiazole rings is 1. The van der Waals surface area contributed by atoms with E-state index >= 15 is 0 Å². The highest BCUT2D eigenvalue weighted by atomic mass is 32.1. The minimum absolute atomic E-state index is 0.481. The molecular formula is C23H24F3N3S. The van der Waals surface area contributed by atoms with Crippen LogP contribution in [0.5, 0.6) is 0 Å². The Balaban J connectivity index is 1.36. The van der Waals surface area contributed by atoms with Gasteiger partial charge in [-0.1, -0.05) is 24.3 Å². The molecule has 30 heavy (non-hydrogen) atoms. The first-order valence-corrected chi connectivity index (χ1v) is 10.9. The number of rotatable bonds is 5. The Kier molecular flexibility index (Phi) is 6.11. The number of benzene rings is 2. The van der Waals surface area contributed by atoms with Crippen molar-refractivity contribution in [2.24, 2.45) is 0 Å². The Hall–Kier alpha value is -2.38. The second-order valence-corrected chi connectivity index (χ2v) is 8.65. The smallest absolute Gasteiger partial charge is 0.372 e. The molecule has 2 heterocycles. The zero-order valence-corrected chi connectivity index (χ0v) is 17.6. The molecule has 1 saturated heterocycles. The molecule has 0 spiro atoms. The van der Waals surface area contributed by atoms with Crippen molar-refractivity contribution in [2.45, 2.75) is 31.6 Å². The van der Waals surface area contributed by atoms with Gasteiger partial charge in [0.2, 0.25) is 0 Å². The molecule has 0 amide bonds. The molecule has 1 aliphatic rings. The second-order valence-electron chi connectivity index (χ2n) is 7.67. The molecule has 1 fully saturated rings. The lowest BCUT2D eigenvalue weighted by Crippen LogP contribution is -2.43.